The van der Waals surface area contributed by atoms with Gasteiger partial charge in [0.1, 0.15) is 11.2 Å². The average Bonchev–Trinajstić information content (AvgIpc) is 2.82. The van der Waals surface area contributed by atoms with Crippen LogP contribution in [0.3, 0.4) is 0 Å². The second kappa shape index (κ2) is 11.3. The van der Waals surface area contributed by atoms with Gasteiger partial charge in [-0.3, -0.25) is 0 Å². The predicted molar refractivity (Wildman–Crippen MR) is 148 cm³/mol. The summed E-state index contributed by atoms with van der Waals surface area (Å²) in [6.07, 6.45) is 3.49. The minimum absolute atomic E-state index is 0.102. The molecule has 0 aliphatic heterocycles. The summed E-state index contributed by atoms with van der Waals surface area (Å²) < 4.78 is 12.2. The molecule has 0 unspecified atom stereocenters. The maximum atomic E-state index is 11.9. The van der Waals surface area contributed by atoms with E-state index in [1.807, 2.05) is 13.8 Å². The molecular weight excluding hydrogens is 542 g/mol. The topological polar surface area (TPSA) is 58.9 Å². The Hall–Kier alpha value is -1.08. The van der Waals surface area contributed by atoms with E-state index < -0.39 is 22.0 Å². The van der Waals surface area contributed by atoms with Crippen molar-refractivity contribution in [2.24, 2.45) is 10.8 Å². The van der Waals surface area contributed by atoms with E-state index in [4.69, 9.17) is 55.9 Å². The molecule has 0 saturated heterocycles. The van der Waals surface area contributed by atoms with Gasteiger partial charge in [0, 0.05) is 42.0 Å². The summed E-state index contributed by atoms with van der Waals surface area (Å²) in [5.74, 6) is 0. The van der Waals surface area contributed by atoms with Crippen molar-refractivity contribution >= 4 is 46.4 Å². The highest BCUT2D eigenvalue weighted by Gasteiger charge is 2.82. The van der Waals surface area contributed by atoms with Crippen LogP contribution in [-0.2, 0) is 22.7 Å². The van der Waals surface area contributed by atoms with Crippen LogP contribution in [0.1, 0.15) is 37.8 Å². The Bertz CT molecular complexity index is 997. The molecule has 196 valence electrons. The Labute approximate surface area is 233 Å². The fourth-order valence-corrected chi connectivity index (χ4v) is 6.59. The van der Waals surface area contributed by atoms with Gasteiger partial charge < -0.3 is 19.7 Å². The van der Waals surface area contributed by atoms with Crippen LogP contribution in [0.5, 0.6) is 0 Å². The second-order valence-corrected chi connectivity index (χ2v) is 11.4. The molecule has 1 saturated carbocycles. The molecule has 2 N–H and O–H groups in total. The van der Waals surface area contributed by atoms with Crippen molar-refractivity contribution in [3.63, 3.8) is 0 Å². The fourth-order valence-electron chi connectivity index (χ4n) is 5.58. The molecule has 0 bridgehead atoms. The van der Waals surface area contributed by atoms with Crippen LogP contribution in [0, 0.1) is 10.8 Å². The molecule has 0 radical (unpaired) electrons. The van der Waals surface area contributed by atoms with Crippen LogP contribution >= 0.6 is 46.4 Å². The smallest absolute Gasteiger partial charge is 0.106 e. The number of hydrogen-bond acceptors (Lipinski definition) is 4. The van der Waals surface area contributed by atoms with Crippen LogP contribution < -0.4 is 0 Å². The van der Waals surface area contributed by atoms with E-state index in [0.717, 1.165) is 0 Å². The minimum atomic E-state index is -1.56. The average molecular weight is 574 g/mol. The SMILES string of the molecule is C=CC[C@@]1(O)[C@](C)(COCc2c(Cl)cccc2Cl)[C@](C)(COCc2c(Cl)cccc2Cl)[C@@]1(O)CC=C. The normalized spacial score (nSPS) is 29.6. The molecule has 3 rings (SSSR count). The molecule has 1 aliphatic rings. The van der Waals surface area contributed by atoms with Gasteiger partial charge >= 0.3 is 0 Å². The van der Waals surface area contributed by atoms with Gasteiger partial charge in [-0.05, 0) is 37.1 Å². The van der Waals surface area contributed by atoms with Crippen molar-refractivity contribution < 1.29 is 19.7 Å². The molecule has 8 heteroatoms. The lowest BCUT2D eigenvalue weighted by Crippen LogP contribution is -2.87. The van der Waals surface area contributed by atoms with Crippen molar-refractivity contribution in [1.82, 2.24) is 0 Å². The lowest BCUT2D eigenvalue weighted by molar-refractivity contribution is -0.406. The molecule has 0 spiro atoms. The highest BCUT2D eigenvalue weighted by atomic mass is 35.5. The number of benzene rings is 2. The Morgan fingerprint density at radius 3 is 1.28 bits per heavy atom. The molecule has 4 atom stereocenters. The van der Waals surface area contributed by atoms with E-state index >= 15 is 0 Å². The Morgan fingerprint density at radius 1 is 0.694 bits per heavy atom. The van der Waals surface area contributed by atoms with E-state index in [0.29, 0.717) is 31.2 Å². The summed E-state index contributed by atoms with van der Waals surface area (Å²) in [7, 11) is 0. The number of rotatable bonds is 12. The molecule has 1 fully saturated rings. The zero-order chi connectivity index (χ0) is 26.8. The van der Waals surface area contributed by atoms with Crippen LogP contribution in [0.15, 0.2) is 61.7 Å². The van der Waals surface area contributed by atoms with E-state index in [-0.39, 0.29) is 39.3 Å². The number of ether oxygens (including phenoxy) is 2. The monoisotopic (exact) mass is 572 g/mol. The molecule has 1 aliphatic carbocycles. The van der Waals surface area contributed by atoms with Crippen molar-refractivity contribution in [2.45, 2.75) is 51.1 Å². The number of halogens is 4. The van der Waals surface area contributed by atoms with Gasteiger partial charge in [0.25, 0.3) is 0 Å². The van der Waals surface area contributed by atoms with E-state index in [2.05, 4.69) is 13.2 Å². The largest absolute Gasteiger partial charge is 0.386 e. The first-order chi connectivity index (χ1) is 16.9. The summed E-state index contributed by atoms with van der Waals surface area (Å²) in [6.45, 7) is 11.9. The third kappa shape index (κ3) is 4.65. The van der Waals surface area contributed by atoms with Crippen molar-refractivity contribution in [3.05, 3.63) is 92.9 Å². The third-order valence-electron chi connectivity index (χ3n) is 8.00. The quantitative estimate of drug-likeness (QED) is 0.256. The predicted octanol–water partition coefficient (Wildman–Crippen LogP) is 7.67. The van der Waals surface area contributed by atoms with E-state index in [1.54, 1.807) is 48.6 Å². The maximum absolute atomic E-state index is 11.9. The Balaban J connectivity index is 1.89. The third-order valence-corrected chi connectivity index (χ3v) is 9.42. The first-order valence-corrected chi connectivity index (χ1v) is 13.1. The lowest BCUT2D eigenvalue weighted by Gasteiger charge is -2.75. The van der Waals surface area contributed by atoms with Gasteiger partial charge in [0.15, 0.2) is 0 Å². The van der Waals surface area contributed by atoms with Gasteiger partial charge in [-0.1, -0.05) is 84.5 Å². The number of hydrogen-bond donors (Lipinski definition) is 2. The van der Waals surface area contributed by atoms with Gasteiger partial charge in [0.2, 0.25) is 0 Å². The zero-order valence-electron chi connectivity index (χ0n) is 20.5. The van der Waals surface area contributed by atoms with Crippen LogP contribution in [-0.4, -0.2) is 34.6 Å². The van der Waals surface area contributed by atoms with Crippen molar-refractivity contribution in [1.29, 1.82) is 0 Å². The summed E-state index contributed by atoms with van der Waals surface area (Å²) in [4.78, 5) is 0. The molecule has 2 aromatic carbocycles. The van der Waals surface area contributed by atoms with E-state index in [9.17, 15) is 10.2 Å². The molecule has 0 heterocycles. The molecule has 4 nitrogen and oxygen atoms in total. The molecule has 0 amide bonds. The second-order valence-electron chi connectivity index (χ2n) is 9.76. The first kappa shape index (κ1) is 29.5. The van der Waals surface area contributed by atoms with Gasteiger partial charge in [-0.25, -0.2) is 0 Å². The minimum Gasteiger partial charge on any atom is -0.386 e. The standard InChI is InChI=1S/C28H32Cl4O4/c1-5-13-27(33)25(3,17-35-15-19-21(29)9-7-10-22(19)30)26(4,28(27,34)14-6-2)18-36-16-20-23(31)11-8-12-24(20)32/h5-12,33-34H,1-2,13-18H2,3-4H3/t25-,26+,27-,28+. The van der Waals surface area contributed by atoms with Crippen LogP contribution in [0.2, 0.25) is 20.1 Å². The van der Waals surface area contributed by atoms with Gasteiger partial charge in [-0.15, -0.1) is 13.2 Å². The molecular formula is C28H32Cl4O4. The highest BCUT2D eigenvalue weighted by Crippen LogP contribution is 2.71. The Kier molecular flexibility index (Phi) is 9.29. The fraction of sp³-hybridized carbons (Fsp3) is 0.429. The summed E-state index contributed by atoms with van der Waals surface area (Å²) >= 11 is 25.2. The van der Waals surface area contributed by atoms with Crippen molar-refractivity contribution in [3.8, 4) is 0 Å². The summed E-state index contributed by atoms with van der Waals surface area (Å²) in [5.41, 5.74) is -3.68. The molecule has 2 aromatic rings. The van der Waals surface area contributed by atoms with E-state index in [1.165, 1.54) is 0 Å². The highest BCUT2D eigenvalue weighted by molar-refractivity contribution is 6.36. The lowest BCUT2D eigenvalue weighted by atomic mass is 9.33. The van der Waals surface area contributed by atoms with Crippen LogP contribution in [0.4, 0.5) is 0 Å². The van der Waals surface area contributed by atoms with Gasteiger partial charge in [0.05, 0.1) is 26.4 Å². The van der Waals surface area contributed by atoms with Gasteiger partial charge in [-0.2, -0.15) is 0 Å². The summed E-state index contributed by atoms with van der Waals surface area (Å²) in [5, 5.41) is 25.8. The zero-order valence-corrected chi connectivity index (χ0v) is 23.5. The van der Waals surface area contributed by atoms with Crippen molar-refractivity contribution in [2.75, 3.05) is 13.2 Å². The molecule has 36 heavy (non-hydrogen) atoms. The first-order valence-electron chi connectivity index (χ1n) is 11.6. The summed E-state index contributed by atoms with van der Waals surface area (Å²) in [6, 6.07) is 10.5. The Morgan fingerprint density at radius 2 is 1.00 bits per heavy atom. The van der Waals surface area contributed by atoms with Crippen LogP contribution in [0.25, 0.3) is 0 Å². The molecule has 0 aromatic heterocycles. The number of aliphatic hydroxyl groups is 2. The maximum Gasteiger partial charge on any atom is 0.106 e.